The highest BCUT2D eigenvalue weighted by molar-refractivity contribution is 7.89. The van der Waals surface area contributed by atoms with Crippen LogP contribution in [0.2, 0.25) is 0 Å². The number of aryl methyl sites for hydroxylation is 2. The molecule has 1 aromatic heterocycles. The van der Waals surface area contributed by atoms with E-state index in [4.69, 9.17) is 0 Å². The number of hydrogen-bond acceptors (Lipinski definition) is 3. The van der Waals surface area contributed by atoms with Crippen LogP contribution in [0.1, 0.15) is 11.1 Å². The van der Waals surface area contributed by atoms with Gasteiger partial charge in [0.15, 0.2) is 0 Å². The van der Waals surface area contributed by atoms with Gasteiger partial charge < -0.3 is 4.57 Å². The van der Waals surface area contributed by atoms with Crippen LogP contribution in [0.3, 0.4) is 0 Å². The summed E-state index contributed by atoms with van der Waals surface area (Å²) in [5, 5.41) is 0. The molecule has 6 heteroatoms. The van der Waals surface area contributed by atoms with Crippen molar-refractivity contribution in [2.24, 2.45) is 7.05 Å². The van der Waals surface area contributed by atoms with Gasteiger partial charge in [0.05, 0.1) is 4.90 Å². The van der Waals surface area contributed by atoms with E-state index in [-0.39, 0.29) is 17.0 Å². The molecule has 0 fully saturated rings. The molecule has 2 aromatic rings. The van der Waals surface area contributed by atoms with Gasteiger partial charge in [-0.25, -0.2) is 13.1 Å². The molecule has 0 spiro atoms. The van der Waals surface area contributed by atoms with Crippen LogP contribution in [0.15, 0.2) is 52.3 Å². The highest BCUT2D eigenvalue weighted by Crippen LogP contribution is 2.14. The summed E-state index contributed by atoms with van der Waals surface area (Å²) in [5.41, 5.74) is 1.29. The average molecular weight is 292 g/mol. The number of benzene rings is 1. The first-order valence-corrected chi connectivity index (χ1v) is 7.59. The van der Waals surface area contributed by atoms with Crippen LogP contribution in [0, 0.1) is 6.92 Å². The molecule has 0 atom stereocenters. The van der Waals surface area contributed by atoms with Gasteiger partial charge in [-0.15, -0.1) is 0 Å². The van der Waals surface area contributed by atoms with Gasteiger partial charge in [-0.2, -0.15) is 0 Å². The van der Waals surface area contributed by atoms with Crippen LogP contribution in [-0.4, -0.2) is 13.0 Å². The molecule has 5 nitrogen and oxygen atoms in total. The summed E-state index contributed by atoms with van der Waals surface area (Å²) < 4.78 is 28.3. The first kappa shape index (κ1) is 14.5. The van der Waals surface area contributed by atoms with E-state index in [2.05, 4.69) is 4.72 Å². The number of aromatic nitrogens is 1. The Morgan fingerprint density at radius 3 is 2.50 bits per heavy atom. The molecular weight excluding hydrogens is 276 g/mol. The van der Waals surface area contributed by atoms with E-state index in [0.717, 1.165) is 5.56 Å². The maximum atomic E-state index is 12.2. The predicted molar refractivity (Wildman–Crippen MR) is 76.9 cm³/mol. The molecule has 0 aliphatic rings. The van der Waals surface area contributed by atoms with Gasteiger partial charge in [-0.1, -0.05) is 24.3 Å². The molecule has 106 valence electrons. The molecule has 0 saturated carbocycles. The van der Waals surface area contributed by atoms with Gasteiger partial charge in [0.2, 0.25) is 15.6 Å². The topological polar surface area (TPSA) is 68.2 Å². The summed E-state index contributed by atoms with van der Waals surface area (Å²) in [7, 11) is -1.92. The minimum atomic E-state index is -3.55. The number of pyridine rings is 1. The van der Waals surface area contributed by atoms with Gasteiger partial charge in [0, 0.05) is 25.9 Å². The van der Waals surface area contributed by atoms with Crippen LogP contribution in [-0.2, 0) is 23.6 Å². The van der Waals surface area contributed by atoms with Gasteiger partial charge >= 0.3 is 0 Å². The Labute approximate surface area is 117 Å². The zero-order valence-electron chi connectivity index (χ0n) is 11.3. The zero-order valence-corrected chi connectivity index (χ0v) is 12.1. The van der Waals surface area contributed by atoms with Crippen LogP contribution in [0.4, 0.5) is 0 Å². The molecule has 0 saturated heterocycles. The van der Waals surface area contributed by atoms with Crippen LogP contribution in [0.25, 0.3) is 0 Å². The first-order chi connectivity index (χ1) is 9.40. The number of rotatable bonds is 4. The summed E-state index contributed by atoms with van der Waals surface area (Å²) in [6.45, 7) is 1.89. The van der Waals surface area contributed by atoms with E-state index in [9.17, 15) is 13.2 Å². The Bertz CT molecular complexity index is 779. The fraction of sp³-hybridized carbons (Fsp3) is 0.214. The van der Waals surface area contributed by atoms with E-state index in [1.165, 1.54) is 10.6 Å². The largest absolute Gasteiger partial charge is 0.318 e. The summed E-state index contributed by atoms with van der Waals surface area (Å²) in [5.74, 6) is 0. The standard InChI is InChI=1S/C14H16N2O3S/c1-11-5-3-4-6-13(11)20(18,19)15-9-12-7-8-14(17)16(2)10-12/h3-8,10,15H,9H2,1-2H3. The maximum Gasteiger partial charge on any atom is 0.250 e. The van der Waals surface area contributed by atoms with Crippen molar-refractivity contribution in [3.05, 3.63) is 64.1 Å². The van der Waals surface area contributed by atoms with E-state index in [1.807, 2.05) is 0 Å². The molecule has 0 bridgehead atoms. The molecule has 0 aliphatic carbocycles. The second-order valence-corrected chi connectivity index (χ2v) is 6.31. The molecule has 20 heavy (non-hydrogen) atoms. The Balaban J connectivity index is 2.19. The van der Waals surface area contributed by atoms with Crippen molar-refractivity contribution >= 4 is 10.0 Å². The lowest BCUT2D eigenvalue weighted by Crippen LogP contribution is -2.25. The van der Waals surface area contributed by atoms with Crippen molar-refractivity contribution in [1.29, 1.82) is 0 Å². The molecule has 0 unspecified atom stereocenters. The van der Waals surface area contributed by atoms with Crippen molar-refractivity contribution < 1.29 is 8.42 Å². The van der Waals surface area contributed by atoms with Gasteiger partial charge in [0.1, 0.15) is 0 Å². The third-order valence-corrected chi connectivity index (χ3v) is 4.56. The Morgan fingerprint density at radius 1 is 1.15 bits per heavy atom. The highest BCUT2D eigenvalue weighted by atomic mass is 32.2. The smallest absolute Gasteiger partial charge is 0.250 e. The predicted octanol–water partition coefficient (Wildman–Crippen LogP) is 1.17. The summed E-state index contributed by atoms with van der Waals surface area (Å²) in [6, 6.07) is 9.83. The average Bonchev–Trinajstić information content (AvgIpc) is 2.40. The minimum Gasteiger partial charge on any atom is -0.318 e. The van der Waals surface area contributed by atoms with Crippen LogP contribution in [0.5, 0.6) is 0 Å². The Hall–Kier alpha value is -1.92. The van der Waals surface area contributed by atoms with Gasteiger partial charge in [-0.05, 0) is 24.1 Å². The maximum absolute atomic E-state index is 12.2. The Morgan fingerprint density at radius 2 is 1.85 bits per heavy atom. The molecule has 1 heterocycles. The van der Waals surface area contributed by atoms with E-state index < -0.39 is 10.0 Å². The van der Waals surface area contributed by atoms with Crippen molar-refractivity contribution in [3.8, 4) is 0 Å². The van der Waals surface area contributed by atoms with Gasteiger partial charge in [0.25, 0.3) is 0 Å². The van der Waals surface area contributed by atoms with E-state index in [1.54, 1.807) is 50.5 Å². The quantitative estimate of drug-likeness (QED) is 0.920. The zero-order chi connectivity index (χ0) is 14.8. The molecule has 1 N–H and O–H groups in total. The number of nitrogens with zero attached hydrogens (tertiary/aromatic N) is 1. The second kappa shape index (κ2) is 5.60. The third kappa shape index (κ3) is 3.15. The molecule has 1 aromatic carbocycles. The SMILES string of the molecule is Cc1ccccc1S(=O)(=O)NCc1ccc(=O)n(C)c1. The fourth-order valence-corrected chi connectivity index (χ4v) is 3.13. The van der Waals surface area contributed by atoms with Crippen LogP contribution < -0.4 is 10.3 Å². The number of sulfonamides is 1. The van der Waals surface area contributed by atoms with Crippen molar-refractivity contribution in [2.75, 3.05) is 0 Å². The lowest BCUT2D eigenvalue weighted by molar-refractivity contribution is 0.580. The van der Waals surface area contributed by atoms with Crippen molar-refractivity contribution in [3.63, 3.8) is 0 Å². The monoisotopic (exact) mass is 292 g/mol. The normalized spacial score (nSPS) is 11.5. The summed E-state index contributed by atoms with van der Waals surface area (Å²) in [6.07, 6.45) is 1.61. The lowest BCUT2D eigenvalue weighted by Gasteiger charge is -2.09. The molecule has 0 aliphatic heterocycles. The molecular formula is C14H16N2O3S. The van der Waals surface area contributed by atoms with Gasteiger partial charge in [-0.3, -0.25) is 4.79 Å². The molecule has 2 rings (SSSR count). The Kier molecular flexibility index (Phi) is 4.06. The van der Waals surface area contributed by atoms with E-state index >= 15 is 0 Å². The minimum absolute atomic E-state index is 0.129. The summed E-state index contributed by atoms with van der Waals surface area (Å²) in [4.78, 5) is 11.5. The number of hydrogen-bond donors (Lipinski definition) is 1. The lowest BCUT2D eigenvalue weighted by atomic mass is 10.2. The first-order valence-electron chi connectivity index (χ1n) is 6.11. The third-order valence-electron chi connectivity index (χ3n) is 3.00. The highest BCUT2D eigenvalue weighted by Gasteiger charge is 2.15. The number of nitrogens with one attached hydrogen (secondary N) is 1. The van der Waals surface area contributed by atoms with Crippen molar-refractivity contribution in [1.82, 2.24) is 9.29 Å². The second-order valence-electron chi connectivity index (χ2n) is 4.58. The van der Waals surface area contributed by atoms with E-state index in [0.29, 0.717) is 5.56 Å². The fourth-order valence-electron chi connectivity index (χ4n) is 1.87. The molecule has 0 radical (unpaired) electrons. The van der Waals surface area contributed by atoms with Crippen LogP contribution >= 0.6 is 0 Å². The summed E-state index contributed by atoms with van der Waals surface area (Å²) >= 11 is 0. The van der Waals surface area contributed by atoms with Crippen molar-refractivity contribution in [2.45, 2.75) is 18.4 Å². The molecule has 0 amide bonds.